The summed E-state index contributed by atoms with van der Waals surface area (Å²) in [5, 5.41) is 2.48. The lowest BCUT2D eigenvalue weighted by Gasteiger charge is -2.26. The molecule has 0 atom stereocenters. The molecule has 0 radical (unpaired) electrons. The average Bonchev–Trinajstić information content (AvgIpc) is 3.37. The third-order valence-electron chi connectivity index (χ3n) is 7.64. The monoisotopic (exact) mass is 515 g/mol. The van der Waals surface area contributed by atoms with Crippen LogP contribution in [0.15, 0.2) is 146 Å². The van der Waals surface area contributed by atoms with Crippen molar-refractivity contribution in [2.75, 3.05) is 4.90 Å². The van der Waals surface area contributed by atoms with Crippen molar-refractivity contribution in [2.45, 2.75) is 13.3 Å². The second-order valence-electron chi connectivity index (χ2n) is 10.0. The van der Waals surface area contributed by atoms with E-state index in [9.17, 15) is 0 Å². The summed E-state index contributed by atoms with van der Waals surface area (Å²) in [4.78, 5) is 7.02. The highest BCUT2D eigenvalue weighted by Crippen LogP contribution is 2.37. The van der Waals surface area contributed by atoms with Crippen molar-refractivity contribution >= 4 is 38.9 Å². The maximum Gasteiger partial charge on any atom is 0.0666 e. The van der Waals surface area contributed by atoms with Crippen molar-refractivity contribution in [3.8, 4) is 16.8 Å². The molecule has 5 aromatic carbocycles. The Hall–Kier alpha value is -5.15. The van der Waals surface area contributed by atoms with Gasteiger partial charge in [0.25, 0.3) is 0 Å². The Morgan fingerprint density at radius 3 is 1.73 bits per heavy atom. The lowest BCUT2D eigenvalue weighted by molar-refractivity contribution is 1.13. The summed E-state index contributed by atoms with van der Waals surface area (Å²) in [7, 11) is 0. The summed E-state index contributed by atoms with van der Waals surface area (Å²) in [5.41, 5.74) is 10.3. The molecule has 0 saturated heterocycles. The van der Waals surface area contributed by atoms with Crippen molar-refractivity contribution in [1.29, 1.82) is 0 Å². The molecule has 0 fully saturated rings. The topological polar surface area (TPSA) is 21.1 Å². The minimum Gasteiger partial charge on any atom is -0.309 e. The Labute approximate surface area is 234 Å². The summed E-state index contributed by atoms with van der Waals surface area (Å²) >= 11 is 0. The van der Waals surface area contributed by atoms with Crippen LogP contribution in [0, 0.1) is 0 Å². The molecule has 40 heavy (non-hydrogen) atoms. The van der Waals surface area contributed by atoms with Crippen LogP contribution in [0.4, 0.5) is 17.1 Å². The molecule has 0 unspecified atom stereocenters. The van der Waals surface area contributed by atoms with E-state index < -0.39 is 0 Å². The van der Waals surface area contributed by atoms with E-state index in [4.69, 9.17) is 4.98 Å². The van der Waals surface area contributed by atoms with E-state index in [-0.39, 0.29) is 0 Å². The lowest BCUT2D eigenvalue weighted by Crippen LogP contribution is -2.11. The SMILES string of the molecule is CCc1ccc(-c2ccc(N(c3ccccc3)c3cncc(-n4c5ccccc5c5ccccc54)c3)cc2)cc1. The maximum absolute atomic E-state index is 4.75. The number of nitrogens with zero attached hydrogens (tertiary/aromatic N) is 3. The number of pyridine rings is 1. The molecule has 0 amide bonds. The van der Waals surface area contributed by atoms with Crippen molar-refractivity contribution in [3.05, 3.63) is 151 Å². The van der Waals surface area contributed by atoms with Gasteiger partial charge in [0.15, 0.2) is 0 Å². The molecular formula is C37H29N3. The molecule has 0 saturated carbocycles. The molecule has 0 aliphatic carbocycles. The van der Waals surface area contributed by atoms with Crippen LogP contribution >= 0.6 is 0 Å². The quantitative estimate of drug-likeness (QED) is 0.220. The normalized spacial score (nSPS) is 11.2. The van der Waals surface area contributed by atoms with Crippen molar-refractivity contribution in [3.63, 3.8) is 0 Å². The second-order valence-corrected chi connectivity index (χ2v) is 10.0. The highest BCUT2D eigenvalue weighted by Gasteiger charge is 2.16. The number of hydrogen-bond donors (Lipinski definition) is 0. The Kier molecular flexibility index (Phi) is 6.10. The van der Waals surface area contributed by atoms with Gasteiger partial charge in [-0.05, 0) is 65.6 Å². The fourth-order valence-electron chi connectivity index (χ4n) is 5.62. The first kappa shape index (κ1) is 23.9. The van der Waals surface area contributed by atoms with Gasteiger partial charge in [-0.2, -0.15) is 0 Å². The van der Waals surface area contributed by atoms with E-state index >= 15 is 0 Å². The Morgan fingerprint density at radius 2 is 1.10 bits per heavy atom. The Bertz CT molecular complexity index is 1860. The predicted octanol–water partition coefficient (Wildman–Crippen LogP) is 9.88. The highest BCUT2D eigenvalue weighted by molar-refractivity contribution is 6.09. The molecule has 192 valence electrons. The van der Waals surface area contributed by atoms with E-state index in [2.05, 4.69) is 150 Å². The van der Waals surface area contributed by atoms with Crippen LogP contribution in [0.2, 0.25) is 0 Å². The van der Waals surface area contributed by atoms with E-state index in [0.29, 0.717) is 0 Å². The van der Waals surface area contributed by atoms with Crippen LogP contribution in [0.5, 0.6) is 0 Å². The van der Waals surface area contributed by atoms with E-state index in [0.717, 1.165) is 29.2 Å². The number of hydrogen-bond acceptors (Lipinski definition) is 2. The van der Waals surface area contributed by atoms with Crippen LogP contribution in [0.1, 0.15) is 12.5 Å². The molecule has 7 aromatic rings. The zero-order chi connectivity index (χ0) is 26.9. The van der Waals surface area contributed by atoms with Gasteiger partial charge in [-0.3, -0.25) is 4.98 Å². The second kappa shape index (κ2) is 10.2. The minimum absolute atomic E-state index is 1.01. The van der Waals surface area contributed by atoms with Gasteiger partial charge in [-0.15, -0.1) is 0 Å². The van der Waals surface area contributed by atoms with Crippen LogP contribution in [-0.4, -0.2) is 9.55 Å². The predicted molar refractivity (Wildman–Crippen MR) is 168 cm³/mol. The largest absolute Gasteiger partial charge is 0.309 e. The molecule has 0 aliphatic rings. The van der Waals surface area contributed by atoms with Gasteiger partial charge in [0, 0.05) is 22.1 Å². The molecule has 0 N–H and O–H groups in total. The number of aryl methyl sites for hydroxylation is 1. The molecule has 0 aliphatic heterocycles. The molecule has 2 aromatic heterocycles. The third kappa shape index (κ3) is 4.22. The standard InChI is InChI=1S/C37H29N3/c1-2-27-16-18-28(19-17-27)29-20-22-31(23-21-29)39(30-10-4-3-5-11-30)32-24-33(26-38-25-32)40-36-14-8-6-12-34(36)35-13-7-9-15-37(35)40/h3-26H,2H2,1H3. The van der Waals surface area contributed by atoms with Gasteiger partial charge >= 0.3 is 0 Å². The van der Waals surface area contributed by atoms with Gasteiger partial charge in [0.1, 0.15) is 0 Å². The van der Waals surface area contributed by atoms with Gasteiger partial charge < -0.3 is 9.47 Å². The zero-order valence-corrected chi connectivity index (χ0v) is 22.4. The number of aromatic nitrogens is 2. The number of anilines is 3. The van der Waals surface area contributed by atoms with Crippen LogP contribution in [0.3, 0.4) is 0 Å². The van der Waals surface area contributed by atoms with Gasteiger partial charge in [0.05, 0.1) is 34.8 Å². The van der Waals surface area contributed by atoms with Gasteiger partial charge in [-0.25, -0.2) is 0 Å². The summed E-state index contributed by atoms with van der Waals surface area (Å²) < 4.78 is 2.31. The van der Waals surface area contributed by atoms with Gasteiger partial charge in [0.2, 0.25) is 0 Å². The van der Waals surface area contributed by atoms with Crippen LogP contribution < -0.4 is 4.90 Å². The zero-order valence-electron chi connectivity index (χ0n) is 22.4. The fraction of sp³-hybridized carbons (Fsp3) is 0.0541. The summed E-state index contributed by atoms with van der Waals surface area (Å²) in [6.07, 6.45) is 4.95. The Balaban J connectivity index is 1.35. The minimum atomic E-state index is 1.01. The molecule has 2 heterocycles. The molecule has 0 spiro atoms. The molecular weight excluding hydrogens is 486 g/mol. The van der Waals surface area contributed by atoms with E-state index in [1.807, 2.05) is 12.4 Å². The summed E-state index contributed by atoms with van der Waals surface area (Å²) in [6.45, 7) is 2.19. The molecule has 0 bridgehead atoms. The number of para-hydroxylation sites is 3. The highest BCUT2D eigenvalue weighted by atomic mass is 15.2. The van der Waals surface area contributed by atoms with Crippen LogP contribution in [-0.2, 0) is 6.42 Å². The number of fused-ring (bicyclic) bond motifs is 3. The average molecular weight is 516 g/mol. The van der Waals surface area contributed by atoms with Crippen LogP contribution in [0.25, 0.3) is 38.6 Å². The molecule has 3 heteroatoms. The number of rotatable bonds is 6. The first-order valence-electron chi connectivity index (χ1n) is 13.8. The van der Waals surface area contributed by atoms with Crippen molar-refractivity contribution in [1.82, 2.24) is 9.55 Å². The van der Waals surface area contributed by atoms with E-state index in [1.165, 1.54) is 38.5 Å². The first-order valence-corrected chi connectivity index (χ1v) is 13.8. The smallest absolute Gasteiger partial charge is 0.0666 e. The maximum atomic E-state index is 4.75. The number of benzene rings is 5. The summed E-state index contributed by atoms with van der Waals surface area (Å²) in [5.74, 6) is 0. The lowest BCUT2D eigenvalue weighted by atomic mass is 10.0. The summed E-state index contributed by atoms with van der Waals surface area (Å²) in [6, 6.07) is 47.5. The Morgan fingerprint density at radius 1 is 0.550 bits per heavy atom. The third-order valence-corrected chi connectivity index (χ3v) is 7.64. The fourth-order valence-corrected chi connectivity index (χ4v) is 5.62. The van der Waals surface area contributed by atoms with Gasteiger partial charge in [-0.1, -0.05) is 97.9 Å². The van der Waals surface area contributed by atoms with Crippen molar-refractivity contribution in [2.24, 2.45) is 0 Å². The first-order chi connectivity index (χ1) is 19.8. The van der Waals surface area contributed by atoms with E-state index in [1.54, 1.807) is 0 Å². The molecule has 7 rings (SSSR count). The van der Waals surface area contributed by atoms with Crippen molar-refractivity contribution < 1.29 is 0 Å². The molecule has 3 nitrogen and oxygen atoms in total.